The van der Waals surface area contributed by atoms with Gasteiger partial charge >= 0.3 is 0 Å². The molecule has 3 aromatic heterocycles. The first kappa shape index (κ1) is 17.7. The molecule has 1 atom stereocenters. The summed E-state index contributed by atoms with van der Waals surface area (Å²) in [6.07, 6.45) is 7.17. The molecule has 0 spiro atoms. The fourth-order valence-corrected chi connectivity index (χ4v) is 4.33. The fourth-order valence-electron chi connectivity index (χ4n) is 4.33. The summed E-state index contributed by atoms with van der Waals surface area (Å²) < 4.78 is 3.76. The number of fused-ring (bicyclic) bond motifs is 2. The van der Waals surface area contributed by atoms with Crippen LogP contribution < -0.4 is 10.9 Å². The van der Waals surface area contributed by atoms with Crippen molar-refractivity contribution in [1.82, 2.24) is 14.0 Å². The normalized spacial score (nSPS) is 16.0. The minimum Gasteiger partial charge on any atom is -0.375 e. The molecule has 0 saturated heterocycles. The quantitative estimate of drug-likeness (QED) is 0.562. The van der Waals surface area contributed by atoms with Gasteiger partial charge in [0.2, 0.25) is 0 Å². The van der Waals surface area contributed by atoms with Crippen LogP contribution in [0.5, 0.6) is 0 Å². The largest absolute Gasteiger partial charge is 0.375 e. The van der Waals surface area contributed by atoms with Crippen molar-refractivity contribution in [2.45, 2.75) is 39.2 Å². The van der Waals surface area contributed by atoms with E-state index in [1.807, 2.05) is 31.5 Å². The van der Waals surface area contributed by atoms with Crippen molar-refractivity contribution in [2.24, 2.45) is 0 Å². The first-order chi connectivity index (χ1) is 14.1. The standard InChI is InChI=1S/C24H24N4O/c1-16-17(2)28-15-19(27-13-6-5-12-23(27)29)14-22(24(28)25-16)26-21-11-7-9-18-8-3-4-10-20(18)21/h3-6,8,10,12-15,21,26H,7,9,11H2,1-2H3/t21-/m1/s1. The van der Waals surface area contributed by atoms with Gasteiger partial charge in [0.05, 0.1) is 23.1 Å². The lowest BCUT2D eigenvalue weighted by atomic mass is 9.87. The Balaban J connectivity index is 1.67. The van der Waals surface area contributed by atoms with Crippen molar-refractivity contribution < 1.29 is 0 Å². The molecule has 1 N–H and O–H groups in total. The average molecular weight is 384 g/mol. The molecule has 3 heterocycles. The van der Waals surface area contributed by atoms with Gasteiger partial charge in [0.15, 0.2) is 5.65 Å². The van der Waals surface area contributed by atoms with E-state index in [1.165, 1.54) is 11.1 Å². The molecule has 5 heteroatoms. The Hall–Kier alpha value is -3.34. The van der Waals surface area contributed by atoms with E-state index in [-0.39, 0.29) is 11.6 Å². The number of hydrogen-bond acceptors (Lipinski definition) is 3. The van der Waals surface area contributed by atoms with Crippen LogP contribution in [0.15, 0.2) is 65.7 Å². The van der Waals surface area contributed by atoms with Gasteiger partial charge in [0.1, 0.15) is 0 Å². The Morgan fingerprint density at radius 3 is 2.79 bits per heavy atom. The SMILES string of the molecule is Cc1nc2c(N[C@@H]3CCCc4ccccc43)cc(-n3ccccc3=O)cn2c1C. The highest BCUT2D eigenvalue weighted by Gasteiger charge is 2.21. The van der Waals surface area contributed by atoms with Crippen LogP contribution in [0.2, 0.25) is 0 Å². The first-order valence-corrected chi connectivity index (χ1v) is 10.1. The van der Waals surface area contributed by atoms with Gasteiger partial charge in [-0.05, 0) is 56.4 Å². The van der Waals surface area contributed by atoms with Gasteiger partial charge in [-0.3, -0.25) is 9.36 Å². The number of hydrogen-bond donors (Lipinski definition) is 1. The molecule has 0 aliphatic heterocycles. The molecule has 0 saturated carbocycles. The second kappa shape index (κ2) is 6.92. The molecule has 4 aromatic rings. The van der Waals surface area contributed by atoms with Crippen LogP contribution >= 0.6 is 0 Å². The van der Waals surface area contributed by atoms with Gasteiger partial charge in [-0.1, -0.05) is 30.3 Å². The Morgan fingerprint density at radius 2 is 1.93 bits per heavy atom. The smallest absolute Gasteiger partial charge is 0.255 e. The number of nitrogens with zero attached hydrogens (tertiary/aromatic N) is 3. The van der Waals surface area contributed by atoms with E-state index < -0.39 is 0 Å². The van der Waals surface area contributed by atoms with Gasteiger partial charge in [-0.15, -0.1) is 0 Å². The van der Waals surface area contributed by atoms with Crippen molar-refractivity contribution >= 4 is 11.3 Å². The predicted molar refractivity (Wildman–Crippen MR) is 116 cm³/mol. The molecule has 0 fully saturated rings. The number of rotatable bonds is 3. The van der Waals surface area contributed by atoms with Crippen molar-refractivity contribution in [1.29, 1.82) is 0 Å². The summed E-state index contributed by atoms with van der Waals surface area (Å²) in [6, 6.07) is 16.2. The van der Waals surface area contributed by atoms with E-state index in [4.69, 9.17) is 4.98 Å². The fraction of sp³-hybridized carbons (Fsp3) is 0.250. The van der Waals surface area contributed by atoms with Crippen LogP contribution in [0.25, 0.3) is 11.3 Å². The van der Waals surface area contributed by atoms with Gasteiger partial charge in [-0.25, -0.2) is 4.98 Å². The number of imidazole rings is 1. The maximum Gasteiger partial charge on any atom is 0.255 e. The number of anilines is 1. The molecule has 146 valence electrons. The molecule has 29 heavy (non-hydrogen) atoms. The molecule has 0 radical (unpaired) electrons. The van der Waals surface area contributed by atoms with Crippen LogP contribution in [-0.2, 0) is 6.42 Å². The monoisotopic (exact) mass is 384 g/mol. The number of benzene rings is 1. The van der Waals surface area contributed by atoms with Crippen LogP contribution in [-0.4, -0.2) is 14.0 Å². The third-order valence-corrected chi connectivity index (χ3v) is 5.98. The highest BCUT2D eigenvalue weighted by molar-refractivity contribution is 5.72. The average Bonchev–Trinajstić information content (AvgIpc) is 3.03. The molecular weight excluding hydrogens is 360 g/mol. The minimum atomic E-state index is -0.0460. The lowest BCUT2D eigenvalue weighted by Gasteiger charge is -2.27. The molecule has 0 bridgehead atoms. The van der Waals surface area contributed by atoms with Crippen LogP contribution in [0.1, 0.15) is 41.4 Å². The molecule has 0 unspecified atom stereocenters. The highest BCUT2D eigenvalue weighted by atomic mass is 16.1. The zero-order chi connectivity index (χ0) is 20.0. The number of nitrogens with one attached hydrogen (secondary N) is 1. The number of aryl methyl sites for hydroxylation is 3. The van der Waals surface area contributed by atoms with E-state index in [0.29, 0.717) is 0 Å². The summed E-state index contributed by atoms with van der Waals surface area (Å²) in [5.41, 5.74) is 7.49. The van der Waals surface area contributed by atoms with E-state index in [1.54, 1.807) is 16.7 Å². The van der Waals surface area contributed by atoms with E-state index in [0.717, 1.165) is 47.7 Å². The Kier molecular flexibility index (Phi) is 4.23. The van der Waals surface area contributed by atoms with Crippen molar-refractivity contribution in [3.8, 4) is 5.69 Å². The van der Waals surface area contributed by atoms with Crippen LogP contribution in [0.4, 0.5) is 5.69 Å². The predicted octanol–water partition coefficient (Wildman–Crippen LogP) is 4.59. The maximum atomic E-state index is 12.4. The van der Waals surface area contributed by atoms with Crippen molar-refractivity contribution in [3.05, 3.63) is 93.8 Å². The lowest BCUT2D eigenvalue weighted by molar-refractivity contribution is 0.600. The molecule has 0 amide bonds. The molecular formula is C24H24N4O. The summed E-state index contributed by atoms with van der Waals surface area (Å²) in [5.74, 6) is 0. The molecule has 5 rings (SSSR count). The van der Waals surface area contributed by atoms with Crippen molar-refractivity contribution in [3.63, 3.8) is 0 Å². The second-order valence-corrected chi connectivity index (χ2v) is 7.79. The van der Waals surface area contributed by atoms with E-state index in [2.05, 4.69) is 40.9 Å². The summed E-state index contributed by atoms with van der Waals surface area (Å²) in [6.45, 7) is 4.09. The Labute approximate surface area is 169 Å². The Morgan fingerprint density at radius 1 is 1.10 bits per heavy atom. The minimum absolute atomic E-state index is 0.0460. The molecule has 1 aliphatic rings. The third kappa shape index (κ3) is 3.03. The summed E-state index contributed by atoms with van der Waals surface area (Å²) in [7, 11) is 0. The van der Waals surface area contributed by atoms with Crippen LogP contribution in [0, 0.1) is 13.8 Å². The molecule has 1 aliphatic carbocycles. The second-order valence-electron chi connectivity index (χ2n) is 7.79. The van der Waals surface area contributed by atoms with Gasteiger partial charge < -0.3 is 9.72 Å². The van der Waals surface area contributed by atoms with Crippen LogP contribution in [0.3, 0.4) is 0 Å². The third-order valence-electron chi connectivity index (χ3n) is 5.98. The van der Waals surface area contributed by atoms with E-state index >= 15 is 0 Å². The van der Waals surface area contributed by atoms with Crippen molar-refractivity contribution in [2.75, 3.05) is 5.32 Å². The summed E-state index contributed by atoms with van der Waals surface area (Å²) in [4.78, 5) is 17.2. The molecule has 5 nitrogen and oxygen atoms in total. The van der Waals surface area contributed by atoms with Gasteiger partial charge in [-0.2, -0.15) is 0 Å². The zero-order valence-corrected chi connectivity index (χ0v) is 16.7. The first-order valence-electron chi connectivity index (χ1n) is 10.1. The summed E-state index contributed by atoms with van der Waals surface area (Å²) in [5, 5.41) is 3.75. The number of pyridine rings is 2. The molecule has 1 aromatic carbocycles. The van der Waals surface area contributed by atoms with E-state index in [9.17, 15) is 4.79 Å². The van der Waals surface area contributed by atoms with Gasteiger partial charge in [0, 0.05) is 24.2 Å². The summed E-state index contributed by atoms with van der Waals surface area (Å²) >= 11 is 0. The Bertz CT molecular complexity index is 1270. The highest BCUT2D eigenvalue weighted by Crippen LogP contribution is 2.34. The topological polar surface area (TPSA) is 51.3 Å². The number of aromatic nitrogens is 3. The van der Waals surface area contributed by atoms with Gasteiger partial charge in [0.25, 0.3) is 5.56 Å². The zero-order valence-electron chi connectivity index (χ0n) is 16.7. The maximum absolute atomic E-state index is 12.4. The lowest BCUT2D eigenvalue weighted by Crippen LogP contribution is -2.19.